The Kier molecular flexibility index (Phi) is 4.76. The lowest BCUT2D eigenvalue weighted by Gasteiger charge is -2.36. The molecule has 2 rings (SSSR count). The molecule has 1 atom stereocenters. The maximum Gasteiger partial charge on any atom is 0.340 e. The van der Waals surface area contributed by atoms with Gasteiger partial charge in [0, 0.05) is 17.4 Å². The van der Waals surface area contributed by atoms with Gasteiger partial charge in [-0.2, -0.15) is 0 Å². The molecule has 0 radical (unpaired) electrons. The molecule has 0 heterocycles. The van der Waals surface area contributed by atoms with Gasteiger partial charge in [-0.05, 0) is 49.8 Å². The largest absolute Gasteiger partial charge is 0.462 e. The van der Waals surface area contributed by atoms with Gasteiger partial charge in [0.2, 0.25) is 0 Å². The van der Waals surface area contributed by atoms with Crippen molar-refractivity contribution in [2.24, 2.45) is 5.41 Å². The van der Waals surface area contributed by atoms with Crippen molar-refractivity contribution in [1.29, 1.82) is 0 Å². The molecule has 116 valence electrons. The fourth-order valence-corrected chi connectivity index (χ4v) is 3.09. The van der Waals surface area contributed by atoms with E-state index in [1.807, 2.05) is 6.07 Å². The van der Waals surface area contributed by atoms with Crippen LogP contribution in [0.1, 0.15) is 56.8 Å². The minimum atomic E-state index is -0.359. The smallest absolute Gasteiger partial charge is 0.340 e. The summed E-state index contributed by atoms with van der Waals surface area (Å²) < 4.78 is 5.04. The van der Waals surface area contributed by atoms with Gasteiger partial charge in [-0.25, -0.2) is 4.79 Å². The zero-order valence-corrected chi connectivity index (χ0v) is 13.2. The lowest BCUT2D eigenvalue weighted by Crippen LogP contribution is -2.31. The molecule has 1 aliphatic carbocycles. The number of nitrogen functional groups attached to an aromatic ring is 1. The minimum Gasteiger partial charge on any atom is -0.462 e. The predicted molar refractivity (Wildman–Crippen MR) is 86.5 cm³/mol. The molecule has 1 unspecified atom stereocenters. The first-order chi connectivity index (χ1) is 9.91. The third-order valence-corrected chi connectivity index (χ3v) is 4.12. The van der Waals surface area contributed by atoms with E-state index in [2.05, 4.69) is 19.2 Å². The topological polar surface area (TPSA) is 64.3 Å². The van der Waals surface area contributed by atoms with E-state index in [1.165, 1.54) is 19.3 Å². The maximum absolute atomic E-state index is 11.9. The summed E-state index contributed by atoms with van der Waals surface area (Å²) in [5, 5.41) is 3.54. The molecule has 3 N–H and O–H groups in total. The van der Waals surface area contributed by atoms with Crippen LogP contribution in [0.4, 0.5) is 11.4 Å². The number of ether oxygens (including phenoxy) is 1. The lowest BCUT2D eigenvalue weighted by atomic mass is 9.75. The van der Waals surface area contributed by atoms with E-state index in [0.29, 0.717) is 29.3 Å². The van der Waals surface area contributed by atoms with Crippen LogP contribution < -0.4 is 11.1 Å². The van der Waals surface area contributed by atoms with Gasteiger partial charge < -0.3 is 15.8 Å². The molecule has 0 bridgehead atoms. The number of hydrogen-bond donors (Lipinski definition) is 2. The van der Waals surface area contributed by atoms with Crippen LogP contribution in [0.5, 0.6) is 0 Å². The fourth-order valence-electron chi connectivity index (χ4n) is 3.09. The van der Waals surface area contributed by atoms with E-state index in [9.17, 15) is 4.79 Å². The fraction of sp³-hybridized carbons (Fsp3) is 0.588. The van der Waals surface area contributed by atoms with E-state index in [1.54, 1.807) is 19.1 Å². The van der Waals surface area contributed by atoms with Crippen LogP contribution in [0.25, 0.3) is 0 Å². The van der Waals surface area contributed by atoms with Crippen molar-refractivity contribution in [2.45, 2.75) is 52.5 Å². The number of hydrogen-bond acceptors (Lipinski definition) is 4. The van der Waals surface area contributed by atoms with Crippen LogP contribution in [0, 0.1) is 5.41 Å². The molecule has 4 nitrogen and oxygen atoms in total. The van der Waals surface area contributed by atoms with Gasteiger partial charge in [-0.1, -0.05) is 20.3 Å². The first-order valence-corrected chi connectivity index (χ1v) is 7.74. The minimum absolute atomic E-state index is 0.354. The van der Waals surface area contributed by atoms with Gasteiger partial charge in [-0.15, -0.1) is 0 Å². The highest BCUT2D eigenvalue weighted by Crippen LogP contribution is 2.36. The molecule has 0 aliphatic heterocycles. The summed E-state index contributed by atoms with van der Waals surface area (Å²) in [6.45, 7) is 6.77. The first kappa shape index (κ1) is 15.7. The Labute approximate surface area is 127 Å². The summed E-state index contributed by atoms with van der Waals surface area (Å²) in [5.74, 6) is -0.359. The van der Waals surface area contributed by atoms with Gasteiger partial charge in [0.05, 0.1) is 12.2 Å². The Hall–Kier alpha value is -1.71. The number of carbonyl (C=O) groups is 1. The molecule has 1 aromatic carbocycles. The summed E-state index contributed by atoms with van der Waals surface area (Å²) in [5.41, 5.74) is 8.09. The van der Waals surface area contributed by atoms with Crippen molar-refractivity contribution in [3.8, 4) is 0 Å². The third kappa shape index (κ3) is 4.13. The Balaban J connectivity index is 2.10. The highest BCUT2D eigenvalue weighted by Gasteiger charge is 2.27. The van der Waals surface area contributed by atoms with E-state index in [-0.39, 0.29) is 5.97 Å². The molecule has 21 heavy (non-hydrogen) atoms. The van der Waals surface area contributed by atoms with Gasteiger partial charge in [-0.3, -0.25) is 0 Å². The normalized spacial score (nSPS) is 20.8. The summed E-state index contributed by atoms with van der Waals surface area (Å²) in [6.07, 6.45) is 4.83. The Morgan fingerprint density at radius 2 is 2.24 bits per heavy atom. The van der Waals surface area contributed by atoms with Gasteiger partial charge in [0.1, 0.15) is 0 Å². The zero-order valence-electron chi connectivity index (χ0n) is 13.2. The molecule has 0 spiro atoms. The molecule has 1 saturated carbocycles. The standard InChI is InChI=1S/C17H26N2O2/c1-4-21-16(20)14-10-12(7-8-15(14)18)19-13-6-5-9-17(2,3)11-13/h7-8,10,13,19H,4-6,9,11,18H2,1-3H3. The van der Waals surface area contributed by atoms with Crippen LogP contribution in [-0.2, 0) is 4.74 Å². The van der Waals surface area contributed by atoms with E-state index < -0.39 is 0 Å². The number of anilines is 2. The van der Waals surface area contributed by atoms with Crippen LogP contribution in [-0.4, -0.2) is 18.6 Å². The van der Waals surface area contributed by atoms with Crippen molar-refractivity contribution in [3.63, 3.8) is 0 Å². The number of nitrogens with one attached hydrogen (secondary N) is 1. The molecule has 0 amide bonds. The molecular weight excluding hydrogens is 264 g/mol. The second-order valence-corrected chi connectivity index (χ2v) is 6.62. The van der Waals surface area contributed by atoms with Crippen LogP contribution in [0.3, 0.4) is 0 Å². The molecule has 1 aromatic rings. The van der Waals surface area contributed by atoms with Gasteiger partial charge in [0.25, 0.3) is 0 Å². The maximum atomic E-state index is 11.9. The number of nitrogens with two attached hydrogens (primary N) is 1. The summed E-state index contributed by atoms with van der Waals surface area (Å²) in [7, 11) is 0. The van der Waals surface area contributed by atoms with E-state index >= 15 is 0 Å². The van der Waals surface area contributed by atoms with Crippen molar-refractivity contribution in [3.05, 3.63) is 23.8 Å². The Bertz CT molecular complexity index is 512. The number of rotatable bonds is 4. The third-order valence-electron chi connectivity index (χ3n) is 4.12. The second kappa shape index (κ2) is 6.37. The molecule has 4 heteroatoms. The summed E-state index contributed by atoms with van der Waals surface area (Å²) in [6, 6.07) is 5.95. The first-order valence-electron chi connectivity index (χ1n) is 7.74. The van der Waals surface area contributed by atoms with Crippen LogP contribution in [0.15, 0.2) is 18.2 Å². The average molecular weight is 290 g/mol. The highest BCUT2D eigenvalue weighted by atomic mass is 16.5. The number of esters is 1. The van der Waals surface area contributed by atoms with Gasteiger partial charge in [0.15, 0.2) is 0 Å². The van der Waals surface area contributed by atoms with Crippen LogP contribution in [0.2, 0.25) is 0 Å². The number of benzene rings is 1. The molecule has 0 saturated heterocycles. The number of carbonyl (C=O) groups excluding carboxylic acids is 1. The predicted octanol–water partition coefficient (Wildman–Crippen LogP) is 3.83. The van der Waals surface area contributed by atoms with Crippen molar-refractivity contribution >= 4 is 17.3 Å². The monoisotopic (exact) mass is 290 g/mol. The average Bonchev–Trinajstić information content (AvgIpc) is 2.40. The summed E-state index contributed by atoms with van der Waals surface area (Å²) in [4.78, 5) is 11.9. The molecule has 0 aromatic heterocycles. The lowest BCUT2D eigenvalue weighted by molar-refractivity contribution is 0.0527. The Morgan fingerprint density at radius 3 is 2.90 bits per heavy atom. The quantitative estimate of drug-likeness (QED) is 0.653. The molecule has 1 fully saturated rings. The van der Waals surface area contributed by atoms with Crippen molar-refractivity contribution < 1.29 is 9.53 Å². The molecule has 1 aliphatic rings. The molecular formula is C17H26N2O2. The Morgan fingerprint density at radius 1 is 1.48 bits per heavy atom. The highest BCUT2D eigenvalue weighted by molar-refractivity contribution is 5.96. The van der Waals surface area contributed by atoms with E-state index in [0.717, 1.165) is 12.1 Å². The SMILES string of the molecule is CCOC(=O)c1cc(NC2CCCC(C)(C)C2)ccc1N. The van der Waals surface area contributed by atoms with Crippen molar-refractivity contribution in [1.82, 2.24) is 0 Å². The van der Waals surface area contributed by atoms with Gasteiger partial charge >= 0.3 is 5.97 Å². The summed E-state index contributed by atoms with van der Waals surface area (Å²) >= 11 is 0. The van der Waals surface area contributed by atoms with Crippen LogP contribution >= 0.6 is 0 Å². The van der Waals surface area contributed by atoms with E-state index in [4.69, 9.17) is 10.5 Å². The second-order valence-electron chi connectivity index (χ2n) is 6.62. The zero-order chi connectivity index (χ0) is 15.5. The van der Waals surface area contributed by atoms with Crippen molar-refractivity contribution in [2.75, 3.05) is 17.7 Å².